The summed E-state index contributed by atoms with van der Waals surface area (Å²) in [4.78, 5) is 0. The maximum Gasteiger partial charge on any atom is 0.174 e. The molecule has 0 aliphatic heterocycles. The first-order valence-corrected chi connectivity index (χ1v) is 5.04. The van der Waals surface area contributed by atoms with E-state index < -0.39 is 0 Å². The first-order chi connectivity index (χ1) is 7.74. The van der Waals surface area contributed by atoms with E-state index in [1.165, 1.54) is 12.1 Å². The molecule has 0 fully saturated rings. The Labute approximate surface area is 93.4 Å². The van der Waals surface area contributed by atoms with E-state index in [1.54, 1.807) is 20.3 Å². The summed E-state index contributed by atoms with van der Waals surface area (Å²) < 4.78 is 25.2. The van der Waals surface area contributed by atoms with Crippen molar-refractivity contribution in [3.63, 3.8) is 0 Å². The van der Waals surface area contributed by atoms with E-state index in [9.17, 15) is 4.39 Å². The van der Waals surface area contributed by atoms with Crippen LogP contribution in [0.25, 0.3) is 10.9 Å². The van der Waals surface area contributed by atoms with Crippen molar-refractivity contribution in [1.82, 2.24) is 4.57 Å². The first kappa shape index (κ1) is 11.1. The molecule has 0 spiro atoms. The third-order valence-corrected chi connectivity index (χ3v) is 2.60. The van der Waals surface area contributed by atoms with E-state index in [0.717, 1.165) is 10.9 Å². The number of rotatable bonds is 4. The van der Waals surface area contributed by atoms with Crippen LogP contribution in [0.15, 0.2) is 30.5 Å². The monoisotopic (exact) mass is 223 g/mol. The highest BCUT2D eigenvalue weighted by atomic mass is 19.1. The fraction of sp³-hybridized carbons (Fsp3) is 0.333. The Balaban J connectivity index is 2.31. The van der Waals surface area contributed by atoms with Gasteiger partial charge in [-0.15, -0.1) is 0 Å². The third-order valence-electron chi connectivity index (χ3n) is 2.60. The molecule has 0 unspecified atom stereocenters. The summed E-state index contributed by atoms with van der Waals surface area (Å²) in [5, 5.41) is 0.881. The van der Waals surface area contributed by atoms with Crippen LogP contribution in [0.2, 0.25) is 0 Å². The molecule has 1 aromatic carbocycles. The van der Waals surface area contributed by atoms with Gasteiger partial charge in [0.05, 0.1) is 6.54 Å². The van der Waals surface area contributed by atoms with Crippen molar-refractivity contribution in [3.8, 4) is 0 Å². The van der Waals surface area contributed by atoms with E-state index >= 15 is 0 Å². The van der Waals surface area contributed by atoms with Crippen LogP contribution in [-0.2, 0) is 16.0 Å². The molecule has 0 saturated heterocycles. The predicted molar refractivity (Wildman–Crippen MR) is 59.7 cm³/mol. The predicted octanol–water partition coefficient (Wildman–Crippen LogP) is 2.40. The van der Waals surface area contributed by atoms with Crippen LogP contribution >= 0.6 is 0 Å². The Hall–Kier alpha value is -1.39. The molecule has 4 heteroatoms. The lowest BCUT2D eigenvalue weighted by atomic mass is 10.2. The van der Waals surface area contributed by atoms with Crippen molar-refractivity contribution < 1.29 is 13.9 Å². The molecule has 86 valence electrons. The second-order valence-electron chi connectivity index (χ2n) is 3.57. The number of fused-ring (bicyclic) bond motifs is 1. The van der Waals surface area contributed by atoms with Gasteiger partial charge in [0.2, 0.25) is 0 Å². The smallest absolute Gasteiger partial charge is 0.174 e. The second kappa shape index (κ2) is 4.63. The van der Waals surface area contributed by atoms with Crippen LogP contribution in [-0.4, -0.2) is 25.1 Å². The number of methoxy groups -OCH3 is 2. The molecular weight excluding hydrogens is 209 g/mol. The van der Waals surface area contributed by atoms with E-state index in [-0.39, 0.29) is 12.1 Å². The van der Waals surface area contributed by atoms with E-state index in [1.807, 2.05) is 16.8 Å². The fourth-order valence-electron chi connectivity index (χ4n) is 1.74. The van der Waals surface area contributed by atoms with Crippen molar-refractivity contribution >= 4 is 10.9 Å². The molecule has 0 N–H and O–H groups in total. The summed E-state index contributed by atoms with van der Waals surface area (Å²) in [5.74, 6) is -0.222. The van der Waals surface area contributed by atoms with E-state index in [0.29, 0.717) is 6.54 Å². The van der Waals surface area contributed by atoms with Crippen molar-refractivity contribution in [2.75, 3.05) is 14.2 Å². The molecule has 0 aliphatic carbocycles. The Kier molecular flexibility index (Phi) is 3.22. The topological polar surface area (TPSA) is 23.4 Å². The van der Waals surface area contributed by atoms with Crippen molar-refractivity contribution in [3.05, 3.63) is 36.3 Å². The molecule has 3 nitrogen and oxygen atoms in total. The minimum Gasteiger partial charge on any atom is -0.354 e. The van der Waals surface area contributed by atoms with Gasteiger partial charge in [-0.3, -0.25) is 0 Å². The molecule has 0 atom stereocenters. The summed E-state index contributed by atoms with van der Waals surface area (Å²) in [6.07, 6.45) is 1.61. The van der Waals surface area contributed by atoms with E-state index in [4.69, 9.17) is 9.47 Å². The molecule has 0 amide bonds. The number of hydrogen-bond acceptors (Lipinski definition) is 2. The number of hydrogen-bond donors (Lipinski definition) is 0. The van der Waals surface area contributed by atoms with Crippen LogP contribution < -0.4 is 0 Å². The van der Waals surface area contributed by atoms with Crippen LogP contribution in [0.5, 0.6) is 0 Å². The van der Waals surface area contributed by atoms with Crippen LogP contribution in [0.4, 0.5) is 4.39 Å². The second-order valence-corrected chi connectivity index (χ2v) is 3.57. The minimum atomic E-state index is -0.291. The number of nitrogens with zero attached hydrogens (tertiary/aromatic N) is 1. The normalized spacial score (nSPS) is 11.5. The van der Waals surface area contributed by atoms with Gasteiger partial charge in [0.15, 0.2) is 6.29 Å². The van der Waals surface area contributed by atoms with Gasteiger partial charge >= 0.3 is 0 Å². The van der Waals surface area contributed by atoms with Gasteiger partial charge in [-0.1, -0.05) is 0 Å². The summed E-state index contributed by atoms with van der Waals surface area (Å²) in [5.41, 5.74) is 0.973. The quantitative estimate of drug-likeness (QED) is 0.743. The van der Waals surface area contributed by atoms with Gasteiger partial charge in [-0.2, -0.15) is 0 Å². The molecule has 16 heavy (non-hydrogen) atoms. The van der Waals surface area contributed by atoms with Gasteiger partial charge in [-0.25, -0.2) is 4.39 Å². The summed E-state index contributed by atoms with van der Waals surface area (Å²) in [6.45, 7) is 0.585. The first-order valence-electron chi connectivity index (χ1n) is 5.04. The van der Waals surface area contributed by atoms with Crippen molar-refractivity contribution in [1.29, 1.82) is 0 Å². The van der Waals surface area contributed by atoms with Gasteiger partial charge in [0, 0.05) is 31.3 Å². The lowest BCUT2D eigenvalue weighted by Crippen LogP contribution is -2.19. The molecule has 2 aromatic rings. The van der Waals surface area contributed by atoms with Crippen molar-refractivity contribution in [2.24, 2.45) is 0 Å². The molecule has 0 aliphatic rings. The number of aromatic nitrogens is 1. The Morgan fingerprint density at radius 3 is 2.69 bits per heavy atom. The number of benzene rings is 1. The number of ether oxygens (including phenoxy) is 2. The highest BCUT2D eigenvalue weighted by molar-refractivity contribution is 5.80. The average molecular weight is 223 g/mol. The Bertz CT molecular complexity index is 477. The minimum absolute atomic E-state index is 0.222. The Morgan fingerprint density at radius 1 is 1.25 bits per heavy atom. The van der Waals surface area contributed by atoms with Gasteiger partial charge in [-0.05, 0) is 24.3 Å². The van der Waals surface area contributed by atoms with Crippen LogP contribution in [0.1, 0.15) is 0 Å². The van der Waals surface area contributed by atoms with Crippen LogP contribution in [0.3, 0.4) is 0 Å². The molecule has 0 radical (unpaired) electrons. The molecule has 0 bridgehead atoms. The maximum atomic E-state index is 13.0. The summed E-state index contributed by atoms with van der Waals surface area (Å²) >= 11 is 0. The zero-order valence-electron chi connectivity index (χ0n) is 9.31. The molecule has 1 aromatic heterocycles. The lowest BCUT2D eigenvalue weighted by molar-refractivity contribution is -0.110. The maximum absolute atomic E-state index is 13.0. The average Bonchev–Trinajstić information content (AvgIpc) is 2.68. The van der Waals surface area contributed by atoms with Gasteiger partial charge in [0.1, 0.15) is 5.82 Å². The zero-order valence-corrected chi connectivity index (χ0v) is 9.31. The summed E-state index contributed by atoms with van der Waals surface area (Å²) in [6, 6.07) is 6.60. The standard InChI is InChI=1S/C12H14FNO2/c1-15-12(16-2)8-14-6-5-9-7-10(13)3-4-11(9)14/h3-7,12H,8H2,1-2H3. The molecule has 2 rings (SSSR count). The number of halogens is 1. The molecule has 0 saturated carbocycles. The molecular formula is C12H14FNO2. The zero-order chi connectivity index (χ0) is 11.5. The highest BCUT2D eigenvalue weighted by Gasteiger charge is 2.08. The van der Waals surface area contributed by atoms with Gasteiger partial charge < -0.3 is 14.0 Å². The third kappa shape index (κ3) is 2.08. The van der Waals surface area contributed by atoms with Crippen LogP contribution in [0, 0.1) is 5.82 Å². The lowest BCUT2D eigenvalue weighted by Gasteiger charge is -2.14. The SMILES string of the molecule is COC(Cn1ccc2cc(F)ccc21)OC. The largest absolute Gasteiger partial charge is 0.354 e. The highest BCUT2D eigenvalue weighted by Crippen LogP contribution is 2.17. The Morgan fingerprint density at radius 2 is 2.00 bits per heavy atom. The van der Waals surface area contributed by atoms with E-state index in [2.05, 4.69) is 0 Å². The molecule has 1 heterocycles. The summed E-state index contributed by atoms with van der Waals surface area (Å²) in [7, 11) is 3.19. The fourth-order valence-corrected chi connectivity index (χ4v) is 1.74. The van der Waals surface area contributed by atoms with Gasteiger partial charge in [0.25, 0.3) is 0 Å². The van der Waals surface area contributed by atoms with Crippen molar-refractivity contribution in [2.45, 2.75) is 12.8 Å².